The Kier molecular flexibility index (Phi) is 2.49. The van der Waals surface area contributed by atoms with E-state index in [0.29, 0.717) is 10.9 Å². The lowest BCUT2D eigenvalue weighted by Gasteiger charge is -1.94. The largest absolute Gasteiger partial charge is 0.298 e. The van der Waals surface area contributed by atoms with Gasteiger partial charge in [0, 0.05) is 0 Å². The molecule has 0 radical (unpaired) electrons. The molecule has 0 N–H and O–H groups in total. The van der Waals surface area contributed by atoms with Crippen molar-refractivity contribution in [3.63, 3.8) is 0 Å². The number of hydrogen-bond acceptors (Lipinski definition) is 4. The first-order valence-corrected chi connectivity index (χ1v) is 3.69. The van der Waals surface area contributed by atoms with Gasteiger partial charge < -0.3 is 0 Å². The van der Waals surface area contributed by atoms with Crippen molar-refractivity contribution >= 4 is 27.9 Å². The lowest BCUT2D eigenvalue weighted by molar-refractivity contribution is -0.385. The number of carbonyl (C=O) groups excluding carboxylic acids is 1. The van der Waals surface area contributed by atoms with E-state index in [4.69, 9.17) is 0 Å². The molecule has 0 aliphatic rings. The van der Waals surface area contributed by atoms with Gasteiger partial charge in [-0.1, -0.05) is 0 Å². The van der Waals surface area contributed by atoms with Crippen LogP contribution in [0.1, 0.15) is 10.4 Å². The van der Waals surface area contributed by atoms with Gasteiger partial charge in [0.1, 0.15) is 10.8 Å². The highest BCUT2D eigenvalue weighted by Gasteiger charge is 2.13. The van der Waals surface area contributed by atoms with Gasteiger partial charge in [0.15, 0.2) is 6.29 Å². The van der Waals surface area contributed by atoms with Crippen molar-refractivity contribution in [2.24, 2.45) is 0 Å². The van der Waals surface area contributed by atoms with Gasteiger partial charge in [-0.2, -0.15) is 0 Å². The zero-order valence-electron chi connectivity index (χ0n) is 5.73. The summed E-state index contributed by atoms with van der Waals surface area (Å²) in [5.74, 6) is 0. The minimum atomic E-state index is -0.650. The Morgan fingerprint density at radius 1 is 1.67 bits per heavy atom. The van der Waals surface area contributed by atoms with Gasteiger partial charge in [-0.25, -0.2) is 4.98 Å². The minimum Gasteiger partial charge on any atom is -0.298 e. The molecule has 6 heteroatoms. The molecule has 0 fully saturated rings. The Hall–Kier alpha value is -1.30. The van der Waals surface area contributed by atoms with Crippen LogP contribution in [0.3, 0.4) is 0 Å². The summed E-state index contributed by atoms with van der Waals surface area (Å²) < 4.78 is 0.398. The van der Waals surface area contributed by atoms with E-state index in [2.05, 4.69) is 20.9 Å². The number of carbonyl (C=O) groups is 1. The molecule has 0 spiro atoms. The van der Waals surface area contributed by atoms with Crippen LogP contribution in [0.15, 0.2) is 16.9 Å². The summed E-state index contributed by atoms with van der Waals surface area (Å²) in [4.78, 5) is 23.6. The third-order valence-electron chi connectivity index (χ3n) is 1.20. The van der Waals surface area contributed by atoms with Gasteiger partial charge in [0.25, 0.3) is 5.69 Å². The average Bonchev–Trinajstić information content (AvgIpc) is 2.03. The number of halogens is 1. The predicted octanol–water partition coefficient (Wildman–Crippen LogP) is 1.56. The third kappa shape index (κ3) is 1.65. The molecule has 1 heterocycles. The summed E-state index contributed by atoms with van der Waals surface area (Å²) in [7, 11) is 0. The Balaban J connectivity index is 3.29. The molecule has 0 saturated heterocycles. The summed E-state index contributed by atoms with van der Waals surface area (Å²) in [5.41, 5.74) is -0.268. The molecular formula is C6H3BrN2O3. The van der Waals surface area contributed by atoms with Crippen LogP contribution < -0.4 is 0 Å². The van der Waals surface area contributed by atoms with E-state index in [1.165, 1.54) is 6.07 Å². The molecule has 0 bridgehead atoms. The Labute approximate surface area is 75.7 Å². The highest BCUT2D eigenvalue weighted by molar-refractivity contribution is 9.10. The van der Waals surface area contributed by atoms with E-state index in [9.17, 15) is 14.9 Å². The van der Waals surface area contributed by atoms with E-state index in [0.717, 1.165) is 6.20 Å². The molecule has 5 nitrogen and oxygen atoms in total. The fourth-order valence-electron chi connectivity index (χ4n) is 0.684. The third-order valence-corrected chi connectivity index (χ3v) is 1.64. The van der Waals surface area contributed by atoms with Crippen LogP contribution in [0.4, 0.5) is 5.69 Å². The van der Waals surface area contributed by atoms with Crippen molar-refractivity contribution in [3.05, 3.63) is 32.5 Å². The molecule has 0 amide bonds. The van der Waals surface area contributed by atoms with Gasteiger partial charge in [-0.15, -0.1) is 0 Å². The van der Waals surface area contributed by atoms with Crippen molar-refractivity contribution in [3.8, 4) is 0 Å². The Bertz CT molecular complexity index is 340. The Morgan fingerprint density at radius 3 is 2.83 bits per heavy atom. The maximum atomic E-state index is 10.3. The quantitative estimate of drug-likeness (QED) is 0.335. The Morgan fingerprint density at radius 2 is 2.33 bits per heavy atom. The van der Waals surface area contributed by atoms with Crippen LogP contribution in [-0.2, 0) is 0 Å². The molecule has 62 valence electrons. The van der Waals surface area contributed by atoms with Gasteiger partial charge >= 0.3 is 0 Å². The monoisotopic (exact) mass is 230 g/mol. The summed E-state index contributed by atoms with van der Waals surface area (Å²) in [6.45, 7) is 0. The summed E-state index contributed by atoms with van der Waals surface area (Å²) >= 11 is 2.99. The predicted molar refractivity (Wildman–Crippen MR) is 44.0 cm³/mol. The van der Waals surface area contributed by atoms with E-state index >= 15 is 0 Å². The minimum absolute atomic E-state index is 0.0156. The van der Waals surface area contributed by atoms with Gasteiger partial charge in [0.2, 0.25) is 0 Å². The summed E-state index contributed by atoms with van der Waals surface area (Å²) in [5, 5.41) is 10.3. The first kappa shape index (κ1) is 8.79. The second kappa shape index (κ2) is 3.40. The standard InChI is InChI=1S/C6H3BrN2O3/c7-6-1-4(3-10)5(2-8-6)9(11)12/h1-3H. The number of hydrogen-bond donors (Lipinski definition) is 0. The molecule has 0 aliphatic carbocycles. The fraction of sp³-hybridized carbons (Fsp3) is 0. The van der Waals surface area contributed by atoms with E-state index in [-0.39, 0.29) is 11.3 Å². The van der Waals surface area contributed by atoms with Crippen LogP contribution in [0, 0.1) is 10.1 Å². The lowest BCUT2D eigenvalue weighted by atomic mass is 10.2. The zero-order chi connectivity index (χ0) is 9.14. The number of aldehydes is 1. The summed E-state index contributed by atoms with van der Waals surface area (Å²) in [6.07, 6.45) is 1.46. The molecule has 0 aromatic carbocycles. The highest BCUT2D eigenvalue weighted by Crippen LogP contribution is 2.18. The van der Waals surface area contributed by atoms with Crippen LogP contribution in [-0.4, -0.2) is 16.2 Å². The van der Waals surface area contributed by atoms with E-state index in [1.807, 2.05) is 0 Å². The molecule has 0 aliphatic heterocycles. The van der Waals surface area contributed by atoms with Crippen LogP contribution in [0.5, 0.6) is 0 Å². The fourth-order valence-corrected chi connectivity index (χ4v) is 1.03. The topological polar surface area (TPSA) is 73.1 Å². The number of aromatic nitrogens is 1. The van der Waals surface area contributed by atoms with Crippen molar-refractivity contribution in [1.29, 1.82) is 0 Å². The van der Waals surface area contributed by atoms with Gasteiger partial charge in [-0.05, 0) is 22.0 Å². The molecule has 0 saturated carbocycles. The van der Waals surface area contributed by atoms with Crippen molar-refractivity contribution in [1.82, 2.24) is 4.98 Å². The first-order chi connectivity index (χ1) is 5.65. The number of pyridine rings is 1. The van der Waals surface area contributed by atoms with Crippen LogP contribution in [0.2, 0.25) is 0 Å². The maximum Gasteiger partial charge on any atom is 0.298 e. The number of rotatable bonds is 2. The van der Waals surface area contributed by atoms with E-state index in [1.54, 1.807) is 0 Å². The molecular weight excluding hydrogens is 228 g/mol. The summed E-state index contributed by atoms with van der Waals surface area (Å²) in [6, 6.07) is 1.30. The van der Waals surface area contributed by atoms with Crippen molar-refractivity contribution in [2.75, 3.05) is 0 Å². The van der Waals surface area contributed by atoms with Gasteiger partial charge in [0.05, 0.1) is 10.5 Å². The van der Waals surface area contributed by atoms with Crippen LogP contribution in [0.25, 0.3) is 0 Å². The average molecular weight is 231 g/mol. The second-order valence-corrected chi connectivity index (χ2v) is 2.75. The molecule has 1 rings (SSSR count). The van der Waals surface area contributed by atoms with Crippen LogP contribution >= 0.6 is 15.9 Å². The molecule has 0 unspecified atom stereocenters. The molecule has 1 aromatic rings. The second-order valence-electron chi connectivity index (χ2n) is 1.94. The molecule has 12 heavy (non-hydrogen) atoms. The number of nitro groups is 1. The van der Waals surface area contributed by atoms with Gasteiger partial charge in [-0.3, -0.25) is 14.9 Å². The SMILES string of the molecule is O=Cc1cc(Br)ncc1[N+](=O)[O-]. The zero-order valence-corrected chi connectivity index (χ0v) is 7.32. The normalized spacial score (nSPS) is 9.42. The molecule has 1 aromatic heterocycles. The van der Waals surface area contributed by atoms with Crippen molar-refractivity contribution in [2.45, 2.75) is 0 Å². The van der Waals surface area contributed by atoms with E-state index < -0.39 is 4.92 Å². The smallest absolute Gasteiger partial charge is 0.298 e. The number of nitrogens with zero attached hydrogens (tertiary/aromatic N) is 2. The molecule has 0 atom stereocenters. The maximum absolute atomic E-state index is 10.3. The highest BCUT2D eigenvalue weighted by atomic mass is 79.9. The first-order valence-electron chi connectivity index (χ1n) is 2.90. The lowest BCUT2D eigenvalue weighted by Crippen LogP contribution is -1.95. The van der Waals surface area contributed by atoms with Crippen molar-refractivity contribution < 1.29 is 9.72 Å².